The van der Waals surface area contributed by atoms with E-state index < -0.39 is 0 Å². The molecule has 8 heteroatoms. The van der Waals surface area contributed by atoms with Crippen molar-refractivity contribution < 1.29 is 4.79 Å². The number of nitrogens with one attached hydrogen (secondary N) is 1. The van der Waals surface area contributed by atoms with E-state index >= 15 is 0 Å². The molecule has 1 saturated heterocycles. The number of hydrogen-bond donors (Lipinski definition) is 2. The monoisotopic (exact) mass is 387 g/mol. The maximum atomic E-state index is 12.2. The van der Waals surface area contributed by atoms with Crippen LogP contribution in [0.15, 0.2) is 47.7 Å². The zero-order valence-corrected chi connectivity index (χ0v) is 15.9. The lowest BCUT2D eigenvalue weighted by atomic mass is 10.1. The lowest BCUT2D eigenvalue weighted by Gasteiger charge is -2.29. The zero-order valence-electron chi connectivity index (χ0n) is 15.9. The Balaban J connectivity index is 1.54. The molecule has 8 nitrogen and oxygen atoms in total. The highest BCUT2D eigenvalue weighted by Crippen LogP contribution is 2.33. The van der Waals surface area contributed by atoms with Crippen LogP contribution in [0.3, 0.4) is 0 Å². The summed E-state index contributed by atoms with van der Waals surface area (Å²) in [6.45, 7) is 3.91. The number of aromatic nitrogens is 3. The van der Waals surface area contributed by atoms with Gasteiger partial charge in [0.15, 0.2) is 17.4 Å². The highest BCUT2D eigenvalue weighted by molar-refractivity contribution is 6.10. The topological polar surface area (TPSA) is 101 Å². The van der Waals surface area contributed by atoms with Crippen LogP contribution in [0.25, 0.3) is 16.9 Å². The molecule has 2 aliphatic heterocycles. The van der Waals surface area contributed by atoms with Crippen molar-refractivity contribution in [2.24, 2.45) is 4.99 Å². The van der Waals surface area contributed by atoms with Crippen LogP contribution < -0.4 is 16.0 Å². The third-order valence-corrected chi connectivity index (χ3v) is 5.30. The van der Waals surface area contributed by atoms with E-state index in [1.807, 2.05) is 18.3 Å². The lowest BCUT2D eigenvalue weighted by Crippen LogP contribution is -2.43. The first-order chi connectivity index (χ1) is 14.2. The number of rotatable bonds is 3. The summed E-state index contributed by atoms with van der Waals surface area (Å²) in [6.07, 6.45) is 5.38. The number of aliphatic imine (C=N–C) groups is 1. The molecule has 1 aromatic carbocycles. The number of piperazine rings is 1. The van der Waals surface area contributed by atoms with Gasteiger partial charge in [0.05, 0.1) is 0 Å². The fraction of sp³-hybridized carbons (Fsp3) is 0.238. The van der Waals surface area contributed by atoms with Gasteiger partial charge in [-0.3, -0.25) is 9.79 Å². The number of hydrogen-bond acceptors (Lipinski definition) is 7. The number of benzene rings is 1. The van der Waals surface area contributed by atoms with Gasteiger partial charge in [-0.1, -0.05) is 12.1 Å². The maximum Gasteiger partial charge on any atom is 0.180 e. The average Bonchev–Trinajstić information content (AvgIpc) is 3.16. The van der Waals surface area contributed by atoms with Crippen molar-refractivity contribution in [2.75, 3.05) is 36.8 Å². The maximum absolute atomic E-state index is 12.2. The Labute approximate surface area is 168 Å². The van der Waals surface area contributed by atoms with Crippen LogP contribution >= 0.6 is 0 Å². The fourth-order valence-corrected chi connectivity index (χ4v) is 3.80. The second-order valence-corrected chi connectivity index (χ2v) is 7.13. The third-order valence-electron chi connectivity index (χ3n) is 5.30. The van der Waals surface area contributed by atoms with Crippen molar-refractivity contribution in [1.29, 1.82) is 0 Å². The number of nitrogens with two attached hydrogens (primary N) is 1. The molecule has 2 aromatic heterocycles. The summed E-state index contributed by atoms with van der Waals surface area (Å²) < 4.78 is 1.61. The first-order valence-corrected chi connectivity index (χ1v) is 9.67. The lowest BCUT2D eigenvalue weighted by molar-refractivity contribution is 0.100. The molecule has 0 spiro atoms. The summed E-state index contributed by atoms with van der Waals surface area (Å²) in [4.78, 5) is 23.3. The zero-order chi connectivity index (χ0) is 19.8. The van der Waals surface area contributed by atoms with Gasteiger partial charge in [0, 0.05) is 68.0 Å². The van der Waals surface area contributed by atoms with Gasteiger partial charge in [-0.2, -0.15) is 0 Å². The van der Waals surface area contributed by atoms with E-state index in [9.17, 15) is 4.79 Å². The minimum atomic E-state index is 0.0303. The largest absolute Gasteiger partial charge is 0.382 e. The molecule has 0 saturated carbocycles. The van der Waals surface area contributed by atoms with Crippen LogP contribution in [0.2, 0.25) is 0 Å². The van der Waals surface area contributed by atoms with Gasteiger partial charge in [0.1, 0.15) is 5.69 Å². The SMILES string of the molecule is Nc1nn(-c2nccc3c2N=CCC3=O)cc1-c1cccc(N2CCNCC2)c1. The first kappa shape index (κ1) is 17.6. The number of nitrogen functional groups attached to an aromatic ring is 1. The number of ketones is 1. The summed E-state index contributed by atoms with van der Waals surface area (Å²) in [5, 5.41) is 7.83. The Bertz CT molecular complexity index is 1110. The molecule has 0 amide bonds. The first-order valence-electron chi connectivity index (χ1n) is 9.67. The van der Waals surface area contributed by atoms with E-state index in [2.05, 4.69) is 37.4 Å². The Morgan fingerprint density at radius 3 is 2.83 bits per heavy atom. The minimum absolute atomic E-state index is 0.0303. The number of carbonyl (C=O) groups excluding carboxylic acids is 1. The summed E-state index contributed by atoms with van der Waals surface area (Å²) in [5.41, 5.74) is 10.3. The fourth-order valence-electron chi connectivity index (χ4n) is 3.80. The molecule has 3 aromatic rings. The van der Waals surface area contributed by atoms with E-state index in [1.54, 1.807) is 23.2 Å². The van der Waals surface area contributed by atoms with E-state index in [-0.39, 0.29) is 5.78 Å². The van der Waals surface area contributed by atoms with Gasteiger partial charge >= 0.3 is 0 Å². The minimum Gasteiger partial charge on any atom is -0.382 e. The van der Waals surface area contributed by atoms with E-state index in [0.717, 1.165) is 37.3 Å². The van der Waals surface area contributed by atoms with Gasteiger partial charge in [0.2, 0.25) is 0 Å². The summed E-state index contributed by atoms with van der Waals surface area (Å²) in [7, 11) is 0. The van der Waals surface area contributed by atoms with Gasteiger partial charge in [0.25, 0.3) is 0 Å². The highest BCUT2D eigenvalue weighted by Gasteiger charge is 2.21. The van der Waals surface area contributed by atoms with Gasteiger partial charge in [-0.25, -0.2) is 9.67 Å². The summed E-state index contributed by atoms with van der Waals surface area (Å²) in [5.74, 6) is 0.943. The number of anilines is 2. The predicted molar refractivity (Wildman–Crippen MR) is 113 cm³/mol. The predicted octanol–water partition coefficient (Wildman–Crippen LogP) is 2.21. The normalized spacial score (nSPS) is 16.1. The molecule has 2 aliphatic rings. The van der Waals surface area contributed by atoms with E-state index in [1.165, 1.54) is 5.69 Å². The third kappa shape index (κ3) is 3.17. The molecule has 0 atom stereocenters. The van der Waals surface area contributed by atoms with Crippen molar-refractivity contribution in [3.8, 4) is 16.9 Å². The number of carbonyl (C=O) groups is 1. The van der Waals surface area contributed by atoms with E-state index in [0.29, 0.717) is 29.3 Å². The molecule has 0 radical (unpaired) electrons. The van der Waals surface area contributed by atoms with Crippen molar-refractivity contribution in [2.45, 2.75) is 6.42 Å². The average molecular weight is 387 g/mol. The van der Waals surface area contributed by atoms with Crippen LogP contribution in [-0.2, 0) is 0 Å². The van der Waals surface area contributed by atoms with Gasteiger partial charge < -0.3 is 16.0 Å². The second kappa shape index (κ2) is 7.14. The Morgan fingerprint density at radius 1 is 1.10 bits per heavy atom. The Morgan fingerprint density at radius 2 is 1.97 bits per heavy atom. The number of Topliss-reactive ketones (excluding diaryl/α,β-unsaturated/α-hetero) is 1. The Kier molecular flexibility index (Phi) is 4.33. The number of pyridine rings is 1. The van der Waals surface area contributed by atoms with Gasteiger partial charge in [-0.05, 0) is 23.8 Å². The molecule has 0 aliphatic carbocycles. The van der Waals surface area contributed by atoms with Crippen molar-refractivity contribution in [3.05, 3.63) is 48.3 Å². The molecular weight excluding hydrogens is 366 g/mol. The van der Waals surface area contributed by atoms with Crippen LogP contribution in [0.5, 0.6) is 0 Å². The Hall–Kier alpha value is -3.52. The highest BCUT2D eigenvalue weighted by atomic mass is 16.1. The smallest absolute Gasteiger partial charge is 0.180 e. The molecule has 3 N–H and O–H groups in total. The van der Waals surface area contributed by atoms with E-state index in [4.69, 9.17) is 5.73 Å². The standard InChI is InChI=1S/C21H21N7O/c22-20-17(14-2-1-3-15(12-14)27-10-8-23-9-11-27)13-28(26-20)21-19-16(4-6-25-21)18(29)5-7-24-19/h1-4,6-7,12-13,23H,5,8-11H2,(H2,22,26). The van der Waals surface area contributed by atoms with Crippen LogP contribution in [-0.4, -0.2) is 52.9 Å². The number of nitrogens with zero attached hydrogens (tertiary/aromatic N) is 5. The molecule has 1 fully saturated rings. The molecule has 5 rings (SSSR count). The van der Waals surface area contributed by atoms with Crippen molar-refractivity contribution in [1.82, 2.24) is 20.1 Å². The molecule has 0 unspecified atom stereocenters. The number of fused-ring (bicyclic) bond motifs is 1. The molecule has 29 heavy (non-hydrogen) atoms. The molecule has 4 heterocycles. The van der Waals surface area contributed by atoms with Gasteiger partial charge in [-0.15, -0.1) is 5.10 Å². The van der Waals surface area contributed by atoms with Crippen LogP contribution in [0.4, 0.5) is 17.2 Å². The molecule has 0 bridgehead atoms. The van der Waals surface area contributed by atoms with Crippen LogP contribution in [0.1, 0.15) is 16.8 Å². The quantitative estimate of drug-likeness (QED) is 0.715. The second-order valence-electron chi connectivity index (χ2n) is 7.13. The van der Waals surface area contributed by atoms with Crippen molar-refractivity contribution in [3.63, 3.8) is 0 Å². The molecule has 146 valence electrons. The van der Waals surface area contributed by atoms with Crippen molar-refractivity contribution >= 4 is 29.2 Å². The van der Waals surface area contributed by atoms with Crippen LogP contribution in [0, 0.1) is 0 Å². The molecular formula is C21H21N7O. The summed E-state index contributed by atoms with van der Waals surface area (Å²) >= 11 is 0. The summed E-state index contributed by atoms with van der Waals surface area (Å²) in [6, 6.07) is 10.0.